The molecule has 1 unspecified atom stereocenters. The Morgan fingerprint density at radius 2 is 2.13 bits per heavy atom. The number of fused-ring (bicyclic) bond motifs is 1. The Hall–Kier alpha value is -1.23. The number of rotatable bonds is 1. The number of benzene rings is 1. The molecular weight excluding hydrogens is 207 g/mol. The topological polar surface area (TPSA) is 35.2 Å². The van der Waals surface area contributed by atoms with Crippen LogP contribution in [0.5, 0.6) is 5.75 Å². The molecule has 1 aliphatic rings. The molecule has 1 aromatic rings. The molecule has 82 valence electrons. The second kappa shape index (κ2) is 3.41. The van der Waals surface area contributed by atoms with Crippen molar-refractivity contribution in [3.63, 3.8) is 0 Å². The third-order valence-electron chi connectivity index (χ3n) is 2.40. The van der Waals surface area contributed by atoms with E-state index in [1.54, 1.807) is 6.07 Å². The van der Waals surface area contributed by atoms with Gasteiger partial charge >= 0.3 is 6.18 Å². The lowest BCUT2D eigenvalue weighted by atomic mass is 10.1. The summed E-state index contributed by atoms with van der Waals surface area (Å²) in [6.45, 7) is 0.228. The summed E-state index contributed by atoms with van der Waals surface area (Å²) in [6.07, 6.45) is -4.24. The number of halogens is 3. The molecule has 0 saturated heterocycles. The van der Waals surface area contributed by atoms with Crippen molar-refractivity contribution in [1.29, 1.82) is 0 Å². The van der Waals surface area contributed by atoms with Crippen LogP contribution in [0.4, 0.5) is 13.2 Å². The minimum absolute atomic E-state index is 0.0551. The molecule has 1 aromatic carbocycles. The molecule has 5 heteroatoms. The Labute approximate surface area is 84.8 Å². The van der Waals surface area contributed by atoms with E-state index in [1.807, 2.05) is 0 Å². The van der Waals surface area contributed by atoms with Crippen molar-refractivity contribution in [3.8, 4) is 5.75 Å². The molecule has 1 aliphatic heterocycles. The Morgan fingerprint density at radius 3 is 2.73 bits per heavy atom. The van der Waals surface area contributed by atoms with E-state index in [0.717, 1.165) is 6.07 Å². The first-order valence-electron chi connectivity index (χ1n) is 4.58. The quantitative estimate of drug-likeness (QED) is 0.780. The van der Waals surface area contributed by atoms with Gasteiger partial charge < -0.3 is 10.5 Å². The monoisotopic (exact) mass is 217 g/mol. The van der Waals surface area contributed by atoms with E-state index in [0.29, 0.717) is 12.0 Å². The Kier molecular flexibility index (Phi) is 2.34. The van der Waals surface area contributed by atoms with Crippen molar-refractivity contribution in [3.05, 3.63) is 29.3 Å². The minimum Gasteiger partial charge on any atom is -0.488 e. The highest BCUT2D eigenvalue weighted by Crippen LogP contribution is 2.41. The van der Waals surface area contributed by atoms with Gasteiger partial charge in [0, 0.05) is 13.0 Å². The number of alkyl halides is 3. The van der Waals surface area contributed by atoms with Gasteiger partial charge in [0.15, 0.2) is 0 Å². The van der Waals surface area contributed by atoms with E-state index in [9.17, 15) is 13.2 Å². The lowest BCUT2D eigenvalue weighted by Gasteiger charge is -2.12. The number of nitrogens with two attached hydrogens (primary N) is 1. The second-order valence-corrected chi connectivity index (χ2v) is 3.47. The van der Waals surface area contributed by atoms with Gasteiger partial charge in [-0.15, -0.1) is 0 Å². The van der Waals surface area contributed by atoms with Gasteiger partial charge in [0.05, 0.1) is 5.56 Å². The zero-order valence-electron chi connectivity index (χ0n) is 7.84. The minimum atomic E-state index is -4.37. The Balaban J connectivity index is 2.42. The highest BCUT2D eigenvalue weighted by atomic mass is 19.4. The average Bonchev–Trinajstić information content (AvgIpc) is 2.57. The lowest BCUT2D eigenvalue weighted by Crippen LogP contribution is -2.24. The predicted octanol–water partition coefficient (Wildman–Crippen LogP) is 1.97. The summed E-state index contributed by atoms with van der Waals surface area (Å²) in [4.78, 5) is 0. The van der Waals surface area contributed by atoms with Gasteiger partial charge in [0.1, 0.15) is 11.9 Å². The number of hydrogen-bond donors (Lipinski definition) is 1. The van der Waals surface area contributed by atoms with E-state index in [2.05, 4.69) is 0 Å². The van der Waals surface area contributed by atoms with Crippen molar-refractivity contribution >= 4 is 0 Å². The molecule has 2 N–H and O–H groups in total. The van der Waals surface area contributed by atoms with Gasteiger partial charge in [-0.1, -0.05) is 12.1 Å². The predicted molar refractivity (Wildman–Crippen MR) is 48.6 cm³/mol. The molecular formula is C10H10F3NO. The molecule has 0 bridgehead atoms. The molecule has 0 spiro atoms. The van der Waals surface area contributed by atoms with Crippen molar-refractivity contribution in [2.45, 2.75) is 18.7 Å². The number of ether oxygens (including phenoxy) is 1. The maximum atomic E-state index is 12.6. The van der Waals surface area contributed by atoms with Crippen LogP contribution in [0, 0.1) is 0 Å². The summed E-state index contributed by atoms with van der Waals surface area (Å²) in [7, 11) is 0. The van der Waals surface area contributed by atoms with Crippen LogP contribution >= 0.6 is 0 Å². The zero-order valence-corrected chi connectivity index (χ0v) is 7.84. The molecule has 0 saturated carbocycles. The maximum absolute atomic E-state index is 12.6. The first kappa shape index (κ1) is 10.3. The molecule has 2 rings (SSSR count). The van der Waals surface area contributed by atoms with Crippen LogP contribution in [-0.2, 0) is 12.6 Å². The molecule has 15 heavy (non-hydrogen) atoms. The molecule has 0 radical (unpaired) electrons. The van der Waals surface area contributed by atoms with Gasteiger partial charge in [0.2, 0.25) is 0 Å². The summed E-state index contributed by atoms with van der Waals surface area (Å²) in [5, 5.41) is 0. The molecule has 0 aromatic heterocycles. The summed E-state index contributed by atoms with van der Waals surface area (Å²) in [5.74, 6) is -0.0551. The fourth-order valence-electron chi connectivity index (χ4n) is 1.69. The van der Waals surface area contributed by atoms with E-state index < -0.39 is 11.7 Å². The normalized spacial score (nSPS) is 19.9. The molecule has 0 amide bonds. The molecule has 2 nitrogen and oxygen atoms in total. The standard InChI is InChI=1S/C10H10F3NO/c11-10(12,13)8-3-1-2-6-4-7(5-14)15-9(6)8/h1-3,7H,4-5,14H2. The highest BCUT2D eigenvalue weighted by molar-refractivity contribution is 5.46. The van der Waals surface area contributed by atoms with Gasteiger partial charge in [-0.3, -0.25) is 0 Å². The van der Waals surface area contributed by atoms with Crippen LogP contribution in [0.2, 0.25) is 0 Å². The fourth-order valence-corrected chi connectivity index (χ4v) is 1.69. The summed E-state index contributed by atoms with van der Waals surface area (Å²) < 4.78 is 42.9. The van der Waals surface area contributed by atoms with Crippen molar-refractivity contribution in [2.75, 3.05) is 6.54 Å². The van der Waals surface area contributed by atoms with Crippen LogP contribution in [0.25, 0.3) is 0 Å². The van der Waals surface area contributed by atoms with Crippen LogP contribution < -0.4 is 10.5 Å². The first-order valence-corrected chi connectivity index (χ1v) is 4.58. The smallest absolute Gasteiger partial charge is 0.419 e. The van der Waals surface area contributed by atoms with E-state index in [-0.39, 0.29) is 18.4 Å². The van der Waals surface area contributed by atoms with Crippen LogP contribution in [-0.4, -0.2) is 12.6 Å². The third-order valence-corrected chi connectivity index (χ3v) is 2.40. The fraction of sp³-hybridized carbons (Fsp3) is 0.400. The SMILES string of the molecule is NCC1Cc2cccc(C(F)(F)F)c2O1. The average molecular weight is 217 g/mol. The molecule has 1 atom stereocenters. The van der Waals surface area contributed by atoms with Gasteiger partial charge in [-0.25, -0.2) is 0 Å². The van der Waals surface area contributed by atoms with Crippen molar-refractivity contribution < 1.29 is 17.9 Å². The van der Waals surface area contributed by atoms with E-state index in [4.69, 9.17) is 10.5 Å². The van der Waals surface area contributed by atoms with Crippen LogP contribution in [0.1, 0.15) is 11.1 Å². The maximum Gasteiger partial charge on any atom is 0.419 e. The number of para-hydroxylation sites is 1. The van der Waals surface area contributed by atoms with Gasteiger partial charge in [0.25, 0.3) is 0 Å². The van der Waals surface area contributed by atoms with Crippen LogP contribution in [0.15, 0.2) is 18.2 Å². The summed E-state index contributed by atoms with van der Waals surface area (Å²) in [6, 6.07) is 4.06. The largest absolute Gasteiger partial charge is 0.488 e. The van der Waals surface area contributed by atoms with Crippen LogP contribution in [0.3, 0.4) is 0 Å². The Morgan fingerprint density at radius 1 is 1.40 bits per heavy atom. The second-order valence-electron chi connectivity index (χ2n) is 3.47. The summed E-state index contributed by atoms with van der Waals surface area (Å²) >= 11 is 0. The lowest BCUT2D eigenvalue weighted by molar-refractivity contribution is -0.139. The van der Waals surface area contributed by atoms with E-state index in [1.165, 1.54) is 6.07 Å². The first-order chi connectivity index (χ1) is 7.02. The summed E-state index contributed by atoms with van der Waals surface area (Å²) in [5.41, 5.74) is 5.24. The highest BCUT2D eigenvalue weighted by Gasteiger charge is 2.38. The molecule has 0 fully saturated rings. The number of hydrogen-bond acceptors (Lipinski definition) is 2. The van der Waals surface area contributed by atoms with E-state index >= 15 is 0 Å². The van der Waals surface area contributed by atoms with Crippen molar-refractivity contribution in [2.24, 2.45) is 5.73 Å². The zero-order chi connectivity index (χ0) is 11.1. The Bertz CT molecular complexity index is 375. The third kappa shape index (κ3) is 1.79. The van der Waals surface area contributed by atoms with Crippen molar-refractivity contribution in [1.82, 2.24) is 0 Å². The van der Waals surface area contributed by atoms with Gasteiger partial charge in [-0.05, 0) is 11.6 Å². The van der Waals surface area contributed by atoms with Gasteiger partial charge in [-0.2, -0.15) is 13.2 Å². The molecule has 0 aliphatic carbocycles. The molecule has 1 heterocycles.